The first kappa shape index (κ1) is 16.5. The Bertz CT molecular complexity index is 796. The summed E-state index contributed by atoms with van der Waals surface area (Å²) in [5.74, 6) is 0.881. The van der Waals surface area contributed by atoms with Crippen molar-refractivity contribution in [1.29, 1.82) is 0 Å². The van der Waals surface area contributed by atoms with Crippen LogP contribution in [0.15, 0.2) is 48.5 Å². The zero-order chi connectivity index (χ0) is 16.8. The standard InChI is InChI=1S/C19H20N2O2S/c1-14-6-4-7-15(12-14)23-11-5-10-18(22)20-13-19-21-16-8-2-3-9-17(16)24-19/h2-4,6-9,12H,5,10-11,13H2,1H3,(H,20,22). The molecule has 4 nitrogen and oxygen atoms in total. The van der Waals surface area contributed by atoms with Crippen LogP contribution in [0.5, 0.6) is 5.75 Å². The van der Waals surface area contributed by atoms with E-state index in [1.54, 1.807) is 11.3 Å². The highest BCUT2D eigenvalue weighted by molar-refractivity contribution is 7.18. The molecule has 24 heavy (non-hydrogen) atoms. The number of thiazole rings is 1. The van der Waals surface area contributed by atoms with E-state index < -0.39 is 0 Å². The topological polar surface area (TPSA) is 51.2 Å². The molecule has 2 aromatic carbocycles. The Balaban J connectivity index is 1.38. The summed E-state index contributed by atoms with van der Waals surface area (Å²) in [4.78, 5) is 16.4. The van der Waals surface area contributed by atoms with E-state index in [0.717, 1.165) is 21.0 Å². The molecule has 0 saturated heterocycles. The van der Waals surface area contributed by atoms with Gasteiger partial charge in [0.05, 0.1) is 23.4 Å². The average Bonchev–Trinajstić information content (AvgIpc) is 3.00. The number of ether oxygens (including phenoxy) is 1. The summed E-state index contributed by atoms with van der Waals surface area (Å²) in [6.45, 7) is 3.05. The quantitative estimate of drug-likeness (QED) is 0.659. The maximum Gasteiger partial charge on any atom is 0.220 e. The zero-order valence-electron chi connectivity index (χ0n) is 13.6. The molecule has 0 saturated carbocycles. The Morgan fingerprint density at radius 3 is 2.92 bits per heavy atom. The Morgan fingerprint density at radius 2 is 2.08 bits per heavy atom. The van der Waals surface area contributed by atoms with E-state index in [1.807, 2.05) is 55.5 Å². The number of carbonyl (C=O) groups is 1. The highest BCUT2D eigenvalue weighted by Crippen LogP contribution is 2.21. The van der Waals surface area contributed by atoms with Crippen molar-refractivity contribution >= 4 is 27.5 Å². The normalized spacial score (nSPS) is 10.7. The molecule has 3 aromatic rings. The lowest BCUT2D eigenvalue weighted by atomic mass is 10.2. The molecule has 0 aliphatic rings. The third-order valence-electron chi connectivity index (χ3n) is 3.58. The van der Waals surface area contributed by atoms with E-state index in [4.69, 9.17) is 4.74 Å². The van der Waals surface area contributed by atoms with Gasteiger partial charge in [-0.05, 0) is 43.2 Å². The van der Waals surface area contributed by atoms with Gasteiger partial charge in [0.2, 0.25) is 5.91 Å². The van der Waals surface area contributed by atoms with Crippen LogP contribution in [0.25, 0.3) is 10.2 Å². The summed E-state index contributed by atoms with van der Waals surface area (Å²) >= 11 is 1.62. The molecular weight excluding hydrogens is 320 g/mol. The van der Waals surface area contributed by atoms with Gasteiger partial charge in [-0.2, -0.15) is 0 Å². The van der Waals surface area contributed by atoms with Crippen LogP contribution in [0.1, 0.15) is 23.4 Å². The van der Waals surface area contributed by atoms with Crippen molar-refractivity contribution in [2.24, 2.45) is 0 Å². The number of fused-ring (bicyclic) bond motifs is 1. The van der Waals surface area contributed by atoms with Crippen molar-refractivity contribution in [2.75, 3.05) is 6.61 Å². The SMILES string of the molecule is Cc1cccc(OCCCC(=O)NCc2nc3ccccc3s2)c1. The molecule has 3 rings (SSSR count). The smallest absolute Gasteiger partial charge is 0.220 e. The number of rotatable bonds is 7. The van der Waals surface area contributed by atoms with Gasteiger partial charge in [0, 0.05) is 6.42 Å². The predicted molar refractivity (Wildman–Crippen MR) is 97.4 cm³/mol. The first-order valence-electron chi connectivity index (χ1n) is 8.01. The van der Waals surface area contributed by atoms with Gasteiger partial charge >= 0.3 is 0 Å². The van der Waals surface area contributed by atoms with Gasteiger partial charge in [-0.15, -0.1) is 11.3 Å². The molecule has 0 aliphatic carbocycles. The number of aromatic nitrogens is 1. The first-order chi connectivity index (χ1) is 11.7. The minimum atomic E-state index is 0.0297. The molecule has 1 N–H and O–H groups in total. The lowest BCUT2D eigenvalue weighted by molar-refractivity contribution is -0.121. The van der Waals surface area contributed by atoms with Crippen molar-refractivity contribution in [2.45, 2.75) is 26.3 Å². The summed E-state index contributed by atoms with van der Waals surface area (Å²) in [7, 11) is 0. The highest BCUT2D eigenvalue weighted by atomic mass is 32.1. The summed E-state index contributed by atoms with van der Waals surface area (Å²) in [5, 5.41) is 3.85. The van der Waals surface area contributed by atoms with Gasteiger partial charge in [-0.25, -0.2) is 4.98 Å². The number of nitrogens with one attached hydrogen (secondary N) is 1. The van der Waals surface area contributed by atoms with Crippen LogP contribution in [-0.4, -0.2) is 17.5 Å². The molecule has 1 aromatic heterocycles. The lowest BCUT2D eigenvalue weighted by Gasteiger charge is -2.07. The van der Waals surface area contributed by atoms with E-state index in [2.05, 4.69) is 10.3 Å². The number of carbonyl (C=O) groups excluding carboxylic acids is 1. The van der Waals surface area contributed by atoms with Gasteiger partial charge in [-0.1, -0.05) is 24.3 Å². The molecule has 0 radical (unpaired) electrons. The van der Waals surface area contributed by atoms with Crippen LogP contribution < -0.4 is 10.1 Å². The minimum absolute atomic E-state index is 0.0297. The van der Waals surface area contributed by atoms with Crippen LogP contribution in [-0.2, 0) is 11.3 Å². The first-order valence-corrected chi connectivity index (χ1v) is 8.83. The zero-order valence-corrected chi connectivity index (χ0v) is 14.4. The second kappa shape index (κ2) is 7.93. The van der Waals surface area contributed by atoms with Gasteiger partial charge in [0.1, 0.15) is 10.8 Å². The summed E-state index contributed by atoms with van der Waals surface area (Å²) in [6.07, 6.45) is 1.15. The van der Waals surface area contributed by atoms with E-state index in [0.29, 0.717) is 26.0 Å². The minimum Gasteiger partial charge on any atom is -0.494 e. The Labute approximate surface area is 145 Å². The monoisotopic (exact) mass is 340 g/mol. The van der Waals surface area contributed by atoms with Crippen LogP contribution in [0.4, 0.5) is 0 Å². The number of hydrogen-bond acceptors (Lipinski definition) is 4. The molecule has 0 aliphatic heterocycles. The molecule has 124 valence electrons. The van der Waals surface area contributed by atoms with E-state index in [1.165, 1.54) is 5.56 Å². The third kappa shape index (κ3) is 4.55. The van der Waals surface area contributed by atoms with E-state index >= 15 is 0 Å². The van der Waals surface area contributed by atoms with E-state index in [-0.39, 0.29) is 5.91 Å². The molecule has 0 fully saturated rings. The maximum atomic E-state index is 11.9. The second-order valence-corrected chi connectivity index (χ2v) is 6.74. The van der Waals surface area contributed by atoms with Crippen LogP contribution in [0.2, 0.25) is 0 Å². The Kier molecular flexibility index (Phi) is 5.43. The number of benzene rings is 2. The molecule has 0 atom stereocenters. The van der Waals surface area contributed by atoms with Crippen LogP contribution in [0, 0.1) is 6.92 Å². The van der Waals surface area contributed by atoms with Gasteiger partial charge in [0.25, 0.3) is 0 Å². The fraction of sp³-hybridized carbons (Fsp3) is 0.263. The average molecular weight is 340 g/mol. The number of hydrogen-bond donors (Lipinski definition) is 1. The molecule has 1 amide bonds. The molecular formula is C19H20N2O2S. The maximum absolute atomic E-state index is 11.9. The summed E-state index contributed by atoms with van der Waals surface area (Å²) in [5.41, 5.74) is 2.15. The highest BCUT2D eigenvalue weighted by Gasteiger charge is 2.06. The largest absolute Gasteiger partial charge is 0.494 e. The number of aryl methyl sites for hydroxylation is 1. The van der Waals surface area contributed by atoms with Gasteiger partial charge < -0.3 is 10.1 Å². The summed E-state index contributed by atoms with van der Waals surface area (Å²) < 4.78 is 6.80. The van der Waals surface area contributed by atoms with Crippen molar-refractivity contribution in [3.05, 3.63) is 59.1 Å². The molecule has 5 heteroatoms. The van der Waals surface area contributed by atoms with Crippen molar-refractivity contribution in [3.63, 3.8) is 0 Å². The van der Waals surface area contributed by atoms with E-state index in [9.17, 15) is 4.79 Å². The number of nitrogens with zero attached hydrogens (tertiary/aromatic N) is 1. The second-order valence-electron chi connectivity index (χ2n) is 5.62. The molecule has 0 bridgehead atoms. The Hall–Kier alpha value is -2.40. The third-order valence-corrected chi connectivity index (χ3v) is 4.62. The molecule has 1 heterocycles. The number of amides is 1. The van der Waals surface area contributed by atoms with Crippen LogP contribution in [0.3, 0.4) is 0 Å². The van der Waals surface area contributed by atoms with Crippen molar-refractivity contribution < 1.29 is 9.53 Å². The predicted octanol–water partition coefficient (Wildman–Crippen LogP) is 4.08. The molecule has 0 unspecified atom stereocenters. The van der Waals surface area contributed by atoms with Gasteiger partial charge in [0.15, 0.2) is 0 Å². The summed E-state index contributed by atoms with van der Waals surface area (Å²) in [6, 6.07) is 15.9. The fourth-order valence-corrected chi connectivity index (χ4v) is 3.29. The van der Waals surface area contributed by atoms with Gasteiger partial charge in [-0.3, -0.25) is 4.79 Å². The van der Waals surface area contributed by atoms with Crippen LogP contribution >= 0.6 is 11.3 Å². The lowest BCUT2D eigenvalue weighted by Crippen LogP contribution is -2.22. The Morgan fingerprint density at radius 1 is 1.21 bits per heavy atom. The van der Waals surface area contributed by atoms with Crippen molar-refractivity contribution in [1.82, 2.24) is 10.3 Å². The fourth-order valence-electron chi connectivity index (χ4n) is 2.39. The number of para-hydroxylation sites is 1. The molecule has 0 spiro atoms. The van der Waals surface area contributed by atoms with Crippen molar-refractivity contribution in [3.8, 4) is 5.75 Å².